The maximum Gasteiger partial charge on any atom is 0.436 e. The molecule has 0 bridgehead atoms. The molecule has 0 saturated heterocycles. The van der Waals surface area contributed by atoms with Gasteiger partial charge in [-0.1, -0.05) is 40.9 Å². The molecule has 2 aromatic heterocycles. The van der Waals surface area contributed by atoms with Crippen LogP contribution in [0.25, 0.3) is 0 Å². The van der Waals surface area contributed by atoms with Gasteiger partial charge in [0.25, 0.3) is 0 Å². The van der Waals surface area contributed by atoms with Gasteiger partial charge >= 0.3 is 6.18 Å². The largest absolute Gasteiger partial charge is 0.436 e. The van der Waals surface area contributed by atoms with E-state index in [0.717, 1.165) is 4.68 Å². The lowest BCUT2D eigenvalue weighted by Crippen LogP contribution is -2.26. The summed E-state index contributed by atoms with van der Waals surface area (Å²) >= 11 is 21.4. The van der Waals surface area contributed by atoms with E-state index in [1.807, 2.05) is 0 Å². The molecule has 1 N–H and O–H groups in total. The number of alkyl halides is 3. The standard InChI is InChI=1S/C18H14BrCl3F3N5O/c1-8-14(19)15(18(23,24)25)27-30(8)9(2)17(31)26-16-13(22)7-29(28-16)6-10-11(20)4-3-5-12(10)21/h3-5,7,9H,6H2,1-2H3,(H,26,28,31). The van der Waals surface area contributed by atoms with Crippen LogP contribution in [0, 0.1) is 6.92 Å². The Morgan fingerprint density at radius 3 is 2.35 bits per heavy atom. The fourth-order valence-corrected chi connectivity index (χ4v) is 4.00. The average molecular weight is 560 g/mol. The van der Waals surface area contributed by atoms with Gasteiger partial charge in [0, 0.05) is 21.8 Å². The minimum Gasteiger partial charge on any atom is -0.306 e. The Morgan fingerprint density at radius 2 is 1.81 bits per heavy atom. The number of nitrogens with one attached hydrogen (secondary N) is 1. The molecule has 13 heteroatoms. The molecule has 0 spiro atoms. The summed E-state index contributed by atoms with van der Waals surface area (Å²) in [6.07, 6.45) is -3.19. The molecular weight excluding hydrogens is 545 g/mol. The minimum absolute atomic E-state index is 0.0432. The molecule has 3 rings (SSSR count). The quantitative estimate of drug-likeness (QED) is 0.395. The lowest BCUT2D eigenvalue weighted by Gasteiger charge is -2.13. The van der Waals surface area contributed by atoms with Gasteiger partial charge in [-0.3, -0.25) is 14.2 Å². The maximum absolute atomic E-state index is 13.1. The first-order valence-electron chi connectivity index (χ1n) is 8.68. The molecular formula is C18H14BrCl3F3N5O. The molecule has 1 unspecified atom stereocenters. The van der Waals surface area contributed by atoms with Gasteiger partial charge < -0.3 is 5.32 Å². The fraction of sp³-hybridized carbons (Fsp3) is 0.278. The molecule has 0 aliphatic heterocycles. The highest BCUT2D eigenvalue weighted by Gasteiger charge is 2.39. The van der Waals surface area contributed by atoms with Crippen LogP contribution in [0.3, 0.4) is 0 Å². The molecule has 31 heavy (non-hydrogen) atoms. The molecule has 1 atom stereocenters. The van der Waals surface area contributed by atoms with E-state index >= 15 is 0 Å². The monoisotopic (exact) mass is 557 g/mol. The van der Waals surface area contributed by atoms with Crippen molar-refractivity contribution in [2.45, 2.75) is 32.6 Å². The van der Waals surface area contributed by atoms with Crippen molar-refractivity contribution < 1.29 is 18.0 Å². The number of anilines is 1. The lowest BCUT2D eigenvalue weighted by atomic mass is 10.2. The van der Waals surface area contributed by atoms with Crippen molar-refractivity contribution in [2.24, 2.45) is 0 Å². The highest BCUT2D eigenvalue weighted by Crippen LogP contribution is 2.36. The first-order valence-corrected chi connectivity index (χ1v) is 10.6. The minimum atomic E-state index is -4.66. The van der Waals surface area contributed by atoms with Gasteiger partial charge in [-0.05, 0) is 41.9 Å². The number of aromatic nitrogens is 4. The van der Waals surface area contributed by atoms with Gasteiger partial charge in [0.15, 0.2) is 11.5 Å². The van der Waals surface area contributed by atoms with Crippen LogP contribution in [-0.4, -0.2) is 25.5 Å². The summed E-state index contributed by atoms with van der Waals surface area (Å²) in [7, 11) is 0. The summed E-state index contributed by atoms with van der Waals surface area (Å²) in [5.74, 6) is -0.601. The predicted octanol–water partition coefficient (Wildman–Crippen LogP) is 6.38. The molecule has 2 heterocycles. The van der Waals surface area contributed by atoms with E-state index in [1.54, 1.807) is 18.2 Å². The maximum atomic E-state index is 13.1. The molecule has 1 amide bonds. The normalized spacial score (nSPS) is 12.8. The Morgan fingerprint density at radius 1 is 1.19 bits per heavy atom. The summed E-state index contributed by atoms with van der Waals surface area (Å²) in [5.41, 5.74) is -0.337. The van der Waals surface area contributed by atoms with Crippen LogP contribution in [0.1, 0.15) is 29.9 Å². The first-order chi connectivity index (χ1) is 14.4. The summed E-state index contributed by atoms with van der Waals surface area (Å²) in [6, 6.07) is 4.00. The summed E-state index contributed by atoms with van der Waals surface area (Å²) in [5, 5.41) is 11.3. The highest BCUT2D eigenvalue weighted by atomic mass is 79.9. The Kier molecular flexibility index (Phi) is 6.95. The number of carbonyl (C=O) groups excluding carboxylic acids is 1. The van der Waals surface area contributed by atoms with Crippen LogP contribution in [0.2, 0.25) is 15.1 Å². The van der Waals surface area contributed by atoms with Gasteiger partial charge in [0.1, 0.15) is 11.1 Å². The first kappa shape index (κ1) is 23.9. The van der Waals surface area contributed by atoms with Crippen LogP contribution >= 0.6 is 50.7 Å². The van der Waals surface area contributed by atoms with Crippen molar-refractivity contribution in [1.82, 2.24) is 19.6 Å². The zero-order chi connectivity index (χ0) is 23.1. The average Bonchev–Trinajstić information content (AvgIpc) is 3.17. The second-order valence-electron chi connectivity index (χ2n) is 6.58. The summed E-state index contributed by atoms with van der Waals surface area (Å²) in [4.78, 5) is 12.6. The van der Waals surface area contributed by atoms with Gasteiger partial charge in [-0.15, -0.1) is 0 Å². The van der Waals surface area contributed by atoms with Gasteiger partial charge in [-0.2, -0.15) is 23.4 Å². The molecule has 0 aliphatic carbocycles. The van der Waals surface area contributed by atoms with Crippen LogP contribution in [0.15, 0.2) is 28.9 Å². The topological polar surface area (TPSA) is 64.7 Å². The fourth-order valence-electron chi connectivity index (χ4n) is 2.80. The molecule has 1 aromatic carbocycles. The van der Waals surface area contributed by atoms with E-state index in [0.29, 0.717) is 15.6 Å². The number of hydrogen-bond acceptors (Lipinski definition) is 3. The molecule has 0 fully saturated rings. The highest BCUT2D eigenvalue weighted by molar-refractivity contribution is 9.10. The lowest BCUT2D eigenvalue weighted by molar-refractivity contribution is -0.142. The molecule has 166 valence electrons. The number of benzene rings is 1. The summed E-state index contributed by atoms with van der Waals surface area (Å²) in [6.45, 7) is 3.03. The molecule has 0 radical (unpaired) electrons. The van der Waals surface area contributed by atoms with E-state index < -0.39 is 23.8 Å². The molecule has 6 nitrogen and oxygen atoms in total. The second-order valence-corrected chi connectivity index (χ2v) is 8.59. The number of carbonyl (C=O) groups is 1. The third-order valence-corrected chi connectivity index (χ3v) is 6.37. The van der Waals surface area contributed by atoms with Crippen LogP contribution in [-0.2, 0) is 17.5 Å². The Bertz CT molecular complexity index is 1130. The number of amides is 1. The van der Waals surface area contributed by atoms with Crippen molar-refractivity contribution in [3.8, 4) is 0 Å². The zero-order valence-electron chi connectivity index (χ0n) is 15.9. The van der Waals surface area contributed by atoms with Gasteiger partial charge in [-0.25, -0.2) is 0 Å². The number of hydrogen-bond donors (Lipinski definition) is 1. The SMILES string of the molecule is Cc1c(Br)c(C(F)(F)F)nn1C(C)C(=O)Nc1nn(Cc2c(Cl)cccc2Cl)cc1Cl. The third kappa shape index (κ3) is 5.02. The smallest absolute Gasteiger partial charge is 0.306 e. The van der Waals surface area contributed by atoms with Crippen molar-refractivity contribution in [3.63, 3.8) is 0 Å². The number of nitrogens with zero attached hydrogens (tertiary/aromatic N) is 4. The third-order valence-electron chi connectivity index (χ3n) is 4.43. The molecule has 0 saturated carbocycles. The molecule has 3 aromatic rings. The van der Waals surface area contributed by atoms with Gasteiger partial charge in [0.2, 0.25) is 5.91 Å². The van der Waals surface area contributed by atoms with E-state index in [4.69, 9.17) is 34.8 Å². The van der Waals surface area contributed by atoms with E-state index in [2.05, 4.69) is 31.4 Å². The van der Waals surface area contributed by atoms with Crippen molar-refractivity contribution in [1.29, 1.82) is 0 Å². The van der Waals surface area contributed by atoms with Crippen LogP contribution in [0.4, 0.5) is 19.0 Å². The van der Waals surface area contributed by atoms with Crippen molar-refractivity contribution in [3.05, 3.63) is 60.9 Å². The zero-order valence-corrected chi connectivity index (χ0v) is 19.8. The van der Waals surface area contributed by atoms with Crippen LogP contribution < -0.4 is 5.32 Å². The second kappa shape index (κ2) is 9.01. The van der Waals surface area contributed by atoms with E-state index in [-0.39, 0.29) is 27.6 Å². The van der Waals surface area contributed by atoms with Crippen molar-refractivity contribution >= 4 is 62.5 Å². The Hall–Kier alpha value is -1.75. The van der Waals surface area contributed by atoms with E-state index in [1.165, 1.54) is 24.7 Å². The van der Waals surface area contributed by atoms with E-state index in [9.17, 15) is 18.0 Å². The number of rotatable bonds is 5. The Balaban J connectivity index is 1.80. The van der Waals surface area contributed by atoms with Crippen molar-refractivity contribution in [2.75, 3.05) is 5.32 Å². The van der Waals surface area contributed by atoms with Crippen LogP contribution in [0.5, 0.6) is 0 Å². The summed E-state index contributed by atoms with van der Waals surface area (Å²) < 4.78 is 41.5. The van der Waals surface area contributed by atoms with Gasteiger partial charge in [0.05, 0.1) is 16.7 Å². The Labute approximate surface area is 198 Å². The number of halogens is 7. The predicted molar refractivity (Wildman–Crippen MR) is 116 cm³/mol. The molecule has 0 aliphatic rings.